The predicted molar refractivity (Wildman–Crippen MR) is 159 cm³/mol. The van der Waals surface area contributed by atoms with Gasteiger partial charge in [-0.1, -0.05) is 49.4 Å². The fraction of sp³-hybridized carbons (Fsp3) is 0.233. The summed E-state index contributed by atoms with van der Waals surface area (Å²) < 4.78 is 0. The molecular formula is C30H36N6O2. The van der Waals surface area contributed by atoms with Crippen molar-refractivity contribution in [2.24, 2.45) is 21.1 Å². The molecule has 0 aromatic heterocycles. The van der Waals surface area contributed by atoms with Crippen molar-refractivity contribution in [3.8, 4) is 11.5 Å². The molecule has 0 heterocycles. The lowest BCUT2D eigenvalue weighted by Gasteiger charge is -2.20. The maximum absolute atomic E-state index is 11.3. The van der Waals surface area contributed by atoms with Crippen molar-refractivity contribution in [1.29, 1.82) is 0 Å². The molecule has 4 N–H and O–H groups in total. The van der Waals surface area contributed by atoms with Gasteiger partial charge < -0.3 is 10.2 Å². The van der Waals surface area contributed by atoms with Crippen molar-refractivity contribution in [2.75, 3.05) is 10.2 Å². The van der Waals surface area contributed by atoms with E-state index in [1.54, 1.807) is 24.6 Å². The van der Waals surface area contributed by atoms with Gasteiger partial charge >= 0.3 is 0 Å². The highest BCUT2D eigenvalue weighted by atomic mass is 16.3. The Kier molecular flexibility index (Phi) is 10.2. The van der Waals surface area contributed by atoms with E-state index < -0.39 is 0 Å². The highest BCUT2D eigenvalue weighted by Crippen LogP contribution is 2.38. The number of phenols is 2. The molecule has 0 radical (unpaired) electrons. The summed E-state index contributed by atoms with van der Waals surface area (Å²) >= 11 is 0. The monoisotopic (exact) mass is 512 g/mol. The zero-order valence-electron chi connectivity index (χ0n) is 22.4. The molecule has 0 aliphatic heterocycles. The van der Waals surface area contributed by atoms with Gasteiger partial charge in [0.15, 0.2) is 0 Å². The molecule has 0 atom stereocenters. The van der Waals surface area contributed by atoms with Crippen LogP contribution in [-0.4, -0.2) is 28.4 Å². The summed E-state index contributed by atoms with van der Waals surface area (Å²) in [5, 5.41) is 38.2. The van der Waals surface area contributed by atoms with E-state index >= 15 is 0 Å². The zero-order valence-corrected chi connectivity index (χ0v) is 22.4. The number of hydrogen-bond acceptors (Lipinski definition) is 8. The fourth-order valence-electron chi connectivity index (χ4n) is 3.88. The van der Waals surface area contributed by atoms with Gasteiger partial charge in [-0.25, -0.2) is 5.84 Å². The Morgan fingerprint density at radius 3 is 2.16 bits per heavy atom. The summed E-state index contributed by atoms with van der Waals surface area (Å²) in [4.78, 5) is 0. The van der Waals surface area contributed by atoms with Crippen molar-refractivity contribution in [3.05, 3.63) is 95.1 Å². The zero-order chi connectivity index (χ0) is 27.5. The van der Waals surface area contributed by atoms with E-state index in [1.807, 2.05) is 88.4 Å². The average molecular weight is 513 g/mol. The first-order valence-electron chi connectivity index (χ1n) is 12.6. The van der Waals surface area contributed by atoms with Gasteiger partial charge in [-0.3, -0.25) is 0 Å². The van der Waals surface area contributed by atoms with Crippen molar-refractivity contribution in [2.45, 2.75) is 47.0 Å². The standard InChI is InChI=1S/C30H36N6O2/c1-5-7-12-16-33-36(32-15-8-6-2)28-20-23(4)18-25(30(28)38)21-24-17-22(3)19-27(29(24)37)35(31)34-26-13-10-9-11-14-26/h6-13,15-20,37-38H,5,14,21,31H2,1-4H3/b8-6-,12-7-,32-15+,33-16+,34-26-. The third-order valence-electron chi connectivity index (χ3n) is 5.66. The first kappa shape index (κ1) is 28.1. The Bertz CT molecular complexity index is 1330. The predicted octanol–water partition coefficient (Wildman–Crippen LogP) is 6.18. The smallest absolute Gasteiger partial charge is 0.146 e. The second-order valence-corrected chi connectivity index (χ2v) is 8.87. The largest absolute Gasteiger partial charge is 0.505 e. The van der Waals surface area contributed by atoms with E-state index in [1.165, 1.54) is 10.2 Å². The number of anilines is 2. The van der Waals surface area contributed by atoms with Crippen LogP contribution in [0, 0.1) is 13.8 Å². The lowest BCUT2D eigenvalue weighted by molar-refractivity contribution is 0.462. The van der Waals surface area contributed by atoms with Crippen molar-refractivity contribution in [1.82, 2.24) is 0 Å². The first-order chi connectivity index (χ1) is 18.3. The third-order valence-corrected chi connectivity index (χ3v) is 5.66. The molecule has 0 saturated heterocycles. The number of phenolic OH excluding ortho intramolecular Hbond substituents is 2. The minimum Gasteiger partial charge on any atom is -0.505 e. The lowest BCUT2D eigenvalue weighted by atomic mass is 9.98. The molecule has 0 fully saturated rings. The van der Waals surface area contributed by atoms with Crippen molar-refractivity contribution in [3.63, 3.8) is 0 Å². The molecule has 8 nitrogen and oxygen atoms in total. The molecular weight excluding hydrogens is 476 g/mol. The van der Waals surface area contributed by atoms with Crippen LogP contribution in [0.25, 0.3) is 0 Å². The van der Waals surface area contributed by atoms with E-state index in [0.29, 0.717) is 28.9 Å². The molecule has 0 amide bonds. The molecule has 0 bridgehead atoms. The van der Waals surface area contributed by atoms with E-state index in [9.17, 15) is 10.2 Å². The summed E-state index contributed by atoms with van der Waals surface area (Å²) in [6.45, 7) is 7.80. The van der Waals surface area contributed by atoms with Crippen molar-refractivity contribution < 1.29 is 10.2 Å². The Balaban J connectivity index is 2.00. The SMILES string of the molecule is C/C=C\C=N\N(/N=C/C=C\CC)c1cc(C)cc(Cc2cc(C)cc(N(N)/N=C3/C=CC=CC3)c2O)c1O. The van der Waals surface area contributed by atoms with Crippen LogP contribution in [0.5, 0.6) is 11.5 Å². The second kappa shape index (κ2) is 13.8. The number of benzene rings is 2. The summed E-state index contributed by atoms with van der Waals surface area (Å²) in [5.74, 6) is 6.26. The number of nitrogens with two attached hydrogens (primary N) is 1. The molecule has 1 aliphatic carbocycles. The van der Waals surface area contributed by atoms with Gasteiger partial charge in [0.05, 0.1) is 5.71 Å². The number of aryl methyl sites for hydroxylation is 2. The van der Waals surface area contributed by atoms with Crippen LogP contribution in [0.1, 0.15) is 48.9 Å². The van der Waals surface area contributed by atoms with E-state index in [-0.39, 0.29) is 17.9 Å². The van der Waals surface area contributed by atoms with Gasteiger partial charge in [0, 0.05) is 36.4 Å². The normalized spacial score (nSPS) is 14.7. The average Bonchev–Trinajstić information content (AvgIpc) is 2.90. The Morgan fingerprint density at radius 1 is 0.921 bits per heavy atom. The quantitative estimate of drug-likeness (QED) is 0.200. The van der Waals surface area contributed by atoms with Gasteiger partial charge in [0.2, 0.25) is 0 Å². The maximum atomic E-state index is 11.3. The van der Waals surface area contributed by atoms with Gasteiger partial charge in [-0.2, -0.15) is 20.4 Å². The minimum absolute atomic E-state index is 0.00548. The topological polar surface area (TPSA) is 110 Å². The number of nitrogens with zero attached hydrogens (tertiary/aromatic N) is 5. The molecule has 0 saturated carbocycles. The van der Waals surface area contributed by atoms with Crippen molar-refractivity contribution >= 4 is 29.5 Å². The summed E-state index contributed by atoms with van der Waals surface area (Å²) in [6, 6.07) is 7.36. The van der Waals surface area contributed by atoms with Gasteiger partial charge in [0.1, 0.15) is 22.9 Å². The molecule has 0 spiro atoms. The number of rotatable bonds is 10. The van der Waals surface area contributed by atoms with Gasteiger partial charge in [-0.05, 0) is 68.7 Å². The van der Waals surface area contributed by atoms with Crippen LogP contribution in [0.2, 0.25) is 0 Å². The molecule has 2 aromatic carbocycles. The number of aromatic hydroxyl groups is 2. The van der Waals surface area contributed by atoms with Crippen LogP contribution < -0.4 is 16.1 Å². The Labute approximate surface area is 224 Å². The summed E-state index contributed by atoms with van der Waals surface area (Å²) in [6.07, 6.45) is 20.2. The molecule has 38 heavy (non-hydrogen) atoms. The number of allylic oxidation sites excluding steroid dienone is 8. The highest BCUT2D eigenvalue weighted by Gasteiger charge is 2.19. The van der Waals surface area contributed by atoms with E-state index in [2.05, 4.69) is 15.3 Å². The minimum atomic E-state index is 0.00548. The highest BCUT2D eigenvalue weighted by molar-refractivity contribution is 5.97. The number of hydrazine groups is 1. The number of hydrazone groups is 3. The van der Waals surface area contributed by atoms with Gasteiger partial charge in [-0.15, -0.1) is 5.12 Å². The van der Waals surface area contributed by atoms with E-state index in [0.717, 1.165) is 23.3 Å². The summed E-state index contributed by atoms with van der Waals surface area (Å²) in [5.41, 5.74) is 4.64. The maximum Gasteiger partial charge on any atom is 0.146 e. The molecule has 8 heteroatoms. The van der Waals surface area contributed by atoms with Gasteiger partial charge in [0.25, 0.3) is 0 Å². The third kappa shape index (κ3) is 7.54. The fourth-order valence-corrected chi connectivity index (χ4v) is 3.88. The number of hydrogen-bond donors (Lipinski definition) is 3. The Hall–Kier alpha value is -4.43. The van der Waals surface area contributed by atoms with Crippen LogP contribution in [0.4, 0.5) is 11.4 Å². The first-order valence-corrected chi connectivity index (χ1v) is 12.6. The molecule has 3 rings (SSSR count). The summed E-state index contributed by atoms with van der Waals surface area (Å²) in [7, 11) is 0. The molecule has 2 aromatic rings. The van der Waals surface area contributed by atoms with Crippen LogP contribution in [-0.2, 0) is 6.42 Å². The molecule has 198 valence electrons. The van der Waals surface area contributed by atoms with Crippen LogP contribution >= 0.6 is 0 Å². The Morgan fingerprint density at radius 2 is 1.55 bits per heavy atom. The van der Waals surface area contributed by atoms with E-state index in [4.69, 9.17) is 5.84 Å². The van der Waals surface area contributed by atoms with Crippen LogP contribution in [0.15, 0.2) is 88.2 Å². The molecule has 1 aliphatic rings. The lowest BCUT2D eigenvalue weighted by Crippen LogP contribution is -2.26. The van der Waals surface area contributed by atoms with Crippen LogP contribution in [0.3, 0.4) is 0 Å². The molecule has 0 unspecified atom stereocenters. The second-order valence-electron chi connectivity index (χ2n) is 8.87.